The highest BCUT2D eigenvalue weighted by Gasteiger charge is 2.24. The summed E-state index contributed by atoms with van der Waals surface area (Å²) in [6.07, 6.45) is 6.24. The Bertz CT molecular complexity index is 1380. The van der Waals surface area contributed by atoms with E-state index in [0.29, 0.717) is 22.2 Å². The maximum atomic E-state index is 13.5. The number of thiophene rings is 1. The Balaban J connectivity index is 1.76. The van der Waals surface area contributed by atoms with Crippen LogP contribution >= 0.6 is 11.3 Å². The van der Waals surface area contributed by atoms with Crippen molar-refractivity contribution in [2.45, 2.75) is 36.9 Å². The molecule has 0 fully saturated rings. The Labute approximate surface area is 189 Å². The van der Waals surface area contributed by atoms with Gasteiger partial charge in [-0.05, 0) is 48.7 Å². The van der Waals surface area contributed by atoms with E-state index in [-0.39, 0.29) is 17.1 Å². The number of carbonyl (C=O) groups is 1. The summed E-state index contributed by atoms with van der Waals surface area (Å²) in [5.41, 5.74) is 1.99. The van der Waals surface area contributed by atoms with Crippen LogP contribution in [0.3, 0.4) is 0 Å². The summed E-state index contributed by atoms with van der Waals surface area (Å²) in [5, 5.41) is 14.1. The van der Waals surface area contributed by atoms with Crippen molar-refractivity contribution in [3.05, 3.63) is 54.5 Å². The highest BCUT2D eigenvalue weighted by molar-refractivity contribution is 7.92. The summed E-state index contributed by atoms with van der Waals surface area (Å²) >= 11 is 1.18. The summed E-state index contributed by atoms with van der Waals surface area (Å²) in [6, 6.07) is 8.49. The Morgan fingerprint density at radius 3 is 2.75 bits per heavy atom. The van der Waals surface area contributed by atoms with Crippen molar-refractivity contribution in [2.75, 3.05) is 7.11 Å². The van der Waals surface area contributed by atoms with Crippen molar-refractivity contribution in [2.24, 2.45) is 0 Å². The van der Waals surface area contributed by atoms with Crippen LogP contribution in [0.5, 0.6) is 5.75 Å². The second-order valence-electron chi connectivity index (χ2n) is 7.34. The molecule has 0 radical (unpaired) electrons. The van der Waals surface area contributed by atoms with Crippen molar-refractivity contribution in [1.29, 1.82) is 0 Å². The molecule has 0 spiro atoms. The van der Waals surface area contributed by atoms with E-state index in [1.165, 1.54) is 28.6 Å². The van der Waals surface area contributed by atoms with Crippen molar-refractivity contribution >= 4 is 38.2 Å². The highest BCUT2D eigenvalue weighted by atomic mass is 32.2. The number of aromatic nitrogens is 3. The first-order chi connectivity index (χ1) is 15.3. The molecule has 0 saturated carbocycles. The summed E-state index contributed by atoms with van der Waals surface area (Å²) in [7, 11) is -2.34. The number of ether oxygens (including phenoxy) is 1. The molecule has 4 aromatic rings. The Kier molecular flexibility index (Phi) is 6.07. The summed E-state index contributed by atoms with van der Waals surface area (Å²) in [5.74, 6) is -0.366. The lowest BCUT2D eigenvalue weighted by molar-refractivity contribution is -0.136. The lowest BCUT2D eigenvalue weighted by atomic mass is 10.1. The van der Waals surface area contributed by atoms with Crippen LogP contribution in [0.25, 0.3) is 21.3 Å². The van der Waals surface area contributed by atoms with E-state index in [1.54, 1.807) is 36.5 Å². The van der Waals surface area contributed by atoms with Gasteiger partial charge in [0.15, 0.2) is 0 Å². The molecule has 0 saturated heterocycles. The zero-order valence-electron chi connectivity index (χ0n) is 17.7. The van der Waals surface area contributed by atoms with E-state index in [2.05, 4.69) is 12.0 Å². The molecule has 0 amide bonds. The number of fused-ring (bicyclic) bond motifs is 1. The van der Waals surface area contributed by atoms with Gasteiger partial charge in [0.2, 0.25) is 0 Å². The topological polar surface area (TPSA) is 103 Å². The van der Waals surface area contributed by atoms with E-state index >= 15 is 0 Å². The molecule has 3 heterocycles. The smallest absolute Gasteiger partial charge is 0.303 e. The van der Waals surface area contributed by atoms with Crippen molar-refractivity contribution in [3.8, 4) is 16.2 Å². The minimum absolute atomic E-state index is 0.0960. The predicted octanol–water partition coefficient (Wildman–Crippen LogP) is 4.24. The third-order valence-electron chi connectivity index (χ3n) is 5.13. The normalized spacial score (nSPS) is 11.8. The van der Waals surface area contributed by atoms with Gasteiger partial charge in [-0.3, -0.25) is 9.48 Å². The number of methoxy groups -OCH3 is 1. The van der Waals surface area contributed by atoms with Crippen molar-refractivity contribution < 1.29 is 23.1 Å². The first-order valence-electron chi connectivity index (χ1n) is 10.1. The molecule has 0 bridgehead atoms. The molecule has 168 valence electrons. The van der Waals surface area contributed by atoms with Gasteiger partial charge in [0.05, 0.1) is 18.8 Å². The van der Waals surface area contributed by atoms with Crippen LogP contribution in [0, 0.1) is 0 Å². The third-order valence-corrected chi connectivity index (χ3v) is 8.41. The molecule has 0 aliphatic heterocycles. The van der Waals surface area contributed by atoms with Gasteiger partial charge in [-0.2, -0.15) is 13.5 Å². The number of nitrogens with zero attached hydrogens (tertiary/aromatic N) is 3. The van der Waals surface area contributed by atoms with Gasteiger partial charge in [0.25, 0.3) is 10.0 Å². The number of rotatable bonds is 9. The van der Waals surface area contributed by atoms with Gasteiger partial charge in [0.1, 0.15) is 9.96 Å². The second kappa shape index (κ2) is 8.79. The molecule has 32 heavy (non-hydrogen) atoms. The molecule has 1 aromatic carbocycles. The fourth-order valence-corrected chi connectivity index (χ4v) is 6.33. The van der Waals surface area contributed by atoms with Crippen LogP contribution in [0.1, 0.15) is 25.3 Å². The van der Waals surface area contributed by atoms with Crippen LogP contribution in [-0.4, -0.2) is 40.4 Å². The zero-order chi connectivity index (χ0) is 22.9. The van der Waals surface area contributed by atoms with E-state index < -0.39 is 16.0 Å². The number of aliphatic carboxylic acids is 1. The summed E-state index contributed by atoms with van der Waals surface area (Å²) in [4.78, 5) is 11.9. The number of aryl methyl sites for hydroxylation is 2. The average molecular weight is 474 g/mol. The molecule has 10 heteroatoms. The van der Waals surface area contributed by atoms with Gasteiger partial charge in [0, 0.05) is 41.2 Å². The monoisotopic (exact) mass is 473 g/mol. The molecule has 4 rings (SSSR count). The molecule has 1 N–H and O–H groups in total. The molecule has 3 aromatic heterocycles. The summed E-state index contributed by atoms with van der Waals surface area (Å²) in [6.45, 7) is 2.87. The van der Waals surface area contributed by atoms with E-state index in [9.17, 15) is 13.2 Å². The fraction of sp³-hybridized carbons (Fsp3) is 0.273. The van der Waals surface area contributed by atoms with Gasteiger partial charge >= 0.3 is 5.97 Å². The Morgan fingerprint density at radius 1 is 1.22 bits per heavy atom. The maximum absolute atomic E-state index is 13.5. The quantitative estimate of drug-likeness (QED) is 0.390. The third kappa shape index (κ3) is 4.15. The van der Waals surface area contributed by atoms with Crippen molar-refractivity contribution in [3.63, 3.8) is 0 Å². The SMILES string of the molecule is CCCn1cc(-c2ccc(S(=O)(=O)n3cc(CCC(=O)O)c4cc(OC)ccc43)s2)cn1. The molecule has 0 atom stereocenters. The van der Waals surface area contributed by atoms with Crippen LogP contribution in [0.2, 0.25) is 0 Å². The average Bonchev–Trinajstić information content (AvgIpc) is 3.50. The highest BCUT2D eigenvalue weighted by Crippen LogP contribution is 2.35. The Hall–Kier alpha value is -3.11. The lowest BCUT2D eigenvalue weighted by Crippen LogP contribution is -2.10. The van der Waals surface area contributed by atoms with Crippen LogP contribution in [0.15, 0.2) is 53.1 Å². The number of hydrogen-bond donors (Lipinski definition) is 1. The van der Waals surface area contributed by atoms with Crippen LogP contribution < -0.4 is 4.74 Å². The van der Waals surface area contributed by atoms with E-state index in [1.807, 2.05) is 10.9 Å². The first-order valence-corrected chi connectivity index (χ1v) is 12.4. The van der Waals surface area contributed by atoms with Gasteiger partial charge in [-0.1, -0.05) is 6.92 Å². The number of benzene rings is 1. The molecular formula is C22H23N3O5S2. The maximum Gasteiger partial charge on any atom is 0.303 e. The molecule has 0 aliphatic rings. The van der Waals surface area contributed by atoms with Crippen molar-refractivity contribution in [1.82, 2.24) is 13.8 Å². The molecule has 8 nitrogen and oxygen atoms in total. The van der Waals surface area contributed by atoms with Gasteiger partial charge in [-0.25, -0.2) is 3.97 Å². The fourth-order valence-electron chi connectivity index (χ4n) is 3.56. The number of hydrogen-bond acceptors (Lipinski definition) is 6. The number of carboxylic acid groups (broad SMARTS) is 1. The lowest BCUT2D eigenvalue weighted by Gasteiger charge is -2.06. The standard InChI is InChI=1S/C22H23N3O5S2/c1-3-10-24-13-16(12-23-24)20-7-9-22(31-20)32(28,29)25-14-15(4-8-21(26)27)18-11-17(30-2)5-6-19(18)25/h5-7,9,11-14H,3-4,8,10H2,1-2H3,(H,26,27). The number of carboxylic acids is 1. The van der Waals surface area contributed by atoms with Gasteiger partial charge in [-0.15, -0.1) is 11.3 Å². The van der Waals surface area contributed by atoms with Crippen LogP contribution in [0.4, 0.5) is 0 Å². The Morgan fingerprint density at radius 2 is 2.03 bits per heavy atom. The largest absolute Gasteiger partial charge is 0.497 e. The second-order valence-corrected chi connectivity index (χ2v) is 10.5. The van der Waals surface area contributed by atoms with E-state index in [4.69, 9.17) is 9.84 Å². The van der Waals surface area contributed by atoms with Gasteiger partial charge < -0.3 is 9.84 Å². The summed E-state index contributed by atoms with van der Waals surface area (Å²) < 4.78 is 35.6. The molecule has 0 aliphatic carbocycles. The minimum Gasteiger partial charge on any atom is -0.497 e. The predicted molar refractivity (Wildman–Crippen MR) is 123 cm³/mol. The zero-order valence-corrected chi connectivity index (χ0v) is 19.3. The first kappa shape index (κ1) is 22.1. The van der Waals surface area contributed by atoms with Crippen LogP contribution in [-0.2, 0) is 27.8 Å². The molecular weight excluding hydrogens is 450 g/mol. The molecule has 0 unspecified atom stereocenters. The van der Waals surface area contributed by atoms with E-state index in [0.717, 1.165) is 23.4 Å². The minimum atomic E-state index is -3.87.